The highest BCUT2D eigenvalue weighted by Gasteiger charge is 2.21. The topological polar surface area (TPSA) is 34.1 Å². The highest BCUT2D eigenvalue weighted by molar-refractivity contribution is 6.31. The van der Waals surface area contributed by atoms with Gasteiger partial charge in [-0.3, -0.25) is 4.79 Å². The second-order valence-corrected chi connectivity index (χ2v) is 4.68. The third kappa shape index (κ3) is 3.30. The van der Waals surface area contributed by atoms with Crippen molar-refractivity contribution in [2.75, 3.05) is 0 Å². The molecular formula is C16H13ClO2. The largest absolute Gasteiger partial charge is 0.303 e. The van der Waals surface area contributed by atoms with E-state index in [-0.39, 0.29) is 12.2 Å². The van der Waals surface area contributed by atoms with E-state index in [9.17, 15) is 9.59 Å². The number of carbonyl (C=O) groups is 2. The van der Waals surface area contributed by atoms with Crippen LogP contribution in [0.15, 0.2) is 54.6 Å². The Morgan fingerprint density at radius 1 is 1.11 bits per heavy atom. The molecule has 0 radical (unpaired) electrons. The lowest BCUT2D eigenvalue weighted by molar-refractivity contribution is -0.108. The molecule has 2 rings (SSSR count). The molecule has 0 spiro atoms. The van der Waals surface area contributed by atoms with E-state index in [2.05, 4.69) is 0 Å². The van der Waals surface area contributed by atoms with Gasteiger partial charge in [-0.15, -0.1) is 0 Å². The summed E-state index contributed by atoms with van der Waals surface area (Å²) in [5.74, 6) is -0.530. The zero-order valence-corrected chi connectivity index (χ0v) is 11.0. The van der Waals surface area contributed by atoms with Crippen LogP contribution in [0.2, 0.25) is 5.02 Å². The van der Waals surface area contributed by atoms with Crippen molar-refractivity contribution in [2.24, 2.45) is 0 Å². The van der Waals surface area contributed by atoms with Gasteiger partial charge < -0.3 is 4.79 Å². The van der Waals surface area contributed by atoms with Gasteiger partial charge in [0.15, 0.2) is 5.78 Å². The van der Waals surface area contributed by atoms with E-state index < -0.39 is 5.92 Å². The summed E-state index contributed by atoms with van der Waals surface area (Å²) in [7, 11) is 0. The molecule has 0 unspecified atom stereocenters. The number of ketones is 1. The molecule has 3 heteroatoms. The minimum absolute atomic E-state index is 0.0826. The van der Waals surface area contributed by atoms with E-state index >= 15 is 0 Å². The van der Waals surface area contributed by atoms with Crippen LogP contribution in [-0.2, 0) is 4.79 Å². The maximum absolute atomic E-state index is 12.5. The van der Waals surface area contributed by atoms with Gasteiger partial charge in [-0.1, -0.05) is 54.1 Å². The van der Waals surface area contributed by atoms with Crippen molar-refractivity contribution in [3.8, 4) is 0 Å². The van der Waals surface area contributed by atoms with Gasteiger partial charge >= 0.3 is 0 Å². The van der Waals surface area contributed by atoms with Crippen molar-refractivity contribution in [3.05, 3.63) is 70.7 Å². The molecule has 0 N–H and O–H groups in total. The molecule has 0 saturated carbocycles. The van der Waals surface area contributed by atoms with Gasteiger partial charge in [0.1, 0.15) is 6.29 Å². The summed E-state index contributed by atoms with van der Waals surface area (Å²) in [6.45, 7) is 0. The van der Waals surface area contributed by atoms with Crippen molar-refractivity contribution in [1.29, 1.82) is 0 Å². The smallest absolute Gasteiger partial charge is 0.170 e. The van der Waals surface area contributed by atoms with Crippen LogP contribution in [-0.4, -0.2) is 12.1 Å². The molecule has 19 heavy (non-hydrogen) atoms. The SMILES string of the molecule is O=CC[C@H](C(=O)c1cccc(Cl)c1)c1ccccc1. The molecule has 0 aromatic heterocycles. The number of rotatable bonds is 5. The Kier molecular flexibility index (Phi) is 4.48. The zero-order valence-electron chi connectivity index (χ0n) is 10.3. The molecule has 0 amide bonds. The lowest BCUT2D eigenvalue weighted by Crippen LogP contribution is -2.13. The Morgan fingerprint density at radius 2 is 1.84 bits per heavy atom. The number of carbonyl (C=O) groups excluding carboxylic acids is 2. The molecule has 2 aromatic rings. The summed E-state index contributed by atoms with van der Waals surface area (Å²) < 4.78 is 0. The van der Waals surface area contributed by atoms with Gasteiger partial charge in [0.2, 0.25) is 0 Å². The lowest BCUT2D eigenvalue weighted by atomic mass is 9.88. The van der Waals surface area contributed by atoms with Crippen LogP contribution in [0.5, 0.6) is 0 Å². The van der Waals surface area contributed by atoms with Gasteiger partial charge in [-0.05, 0) is 17.7 Å². The Morgan fingerprint density at radius 3 is 2.47 bits per heavy atom. The summed E-state index contributed by atoms with van der Waals surface area (Å²) in [6.07, 6.45) is 0.954. The van der Waals surface area contributed by atoms with Gasteiger partial charge in [-0.2, -0.15) is 0 Å². The quantitative estimate of drug-likeness (QED) is 0.611. The summed E-state index contributed by atoms with van der Waals surface area (Å²) in [4.78, 5) is 23.3. The summed E-state index contributed by atoms with van der Waals surface area (Å²) in [6, 6.07) is 16.1. The predicted octanol–water partition coefficient (Wildman–Crippen LogP) is 3.90. The fourth-order valence-electron chi connectivity index (χ4n) is 2.02. The van der Waals surface area contributed by atoms with Gasteiger partial charge in [-0.25, -0.2) is 0 Å². The van der Waals surface area contributed by atoms with E-state index in [0.717, 1.165) is 11.8 Å². The van der Waals surface area contributed by atoms with E-state index in [0.29, 0.717) is 10.6 Å². The second kappa shape index (κ2) is 6.30. The average Bonchev–Trinajstić information content (AvgIpc) is 2.45. The molecular weight excluding hydrogens is 260 g/mol. The monoisotopic (exact) mass is 272 g/mol. The Bertz CT molecular complexity index is 578. The summed E-state index contributed by atoms with van der Waals surface area (Å²) >= 11 is 5.89. The van der Waals surface area contributed by atoms with Crippen molar-refractivity contribution in [2.45, 2.75) is 12.3 Å². The average molecular weight is 273 g/mol. The van der Waals surface area contributed by atoms with Crippen molar-refractivity contribution in [1.82, 2.24) is 0 Å². The molecule has 1 atom stereocenters. The van der Waals surface area contributed by atoms with E-state index in [1.54, 1.807) is 24.3 Å². The first kappa shape index (κ1) is 13.5. The van der Waals surface area contributed by atoms with Crippen molar-refractivity contribution >= 4 is 23.7 Å². The zero-order chi connectivity index (χ0) is 13.7. The van der Waals surface area contributed by atoms with Crippen LogP contribution in [0.3, 0.4) is 0 Å². The third-order valence-corrected chi connectivity index (χ3v) is 3.19. The van der Waals surface area contributed by atoms with E-state index in [1.165, 1.54) is 0 Å². The first-order valence-electron chi connectivity index (χ1n) is 6.00. The molecule has 0 saturated heterocycles. The van der Waals surface area contributed by atoms with E-state index in [4.69, 9.17) is 11.6 Å². The molecule has 0 aliphatic heterocycles. The molecule has 96 valence electrons. The molecule has 0 aliphatic carbocycles. The van der Waals surface area contributed by atoms with Crippen molar-refractivity contribution < 1.29 is 9.59 Å². The highest BCUT2D eigenvalue weighted by Crippen LogP contribution is 2.24. The number of benzene rings is 2. The fraction of sp³-hybridized carbons (Fsp3) is 0.125. The lowest BCUT2D eigenvalue weighted by Gasteiger charge is -2.13. The molecule has 0 fully saturated rings. The van der Waals surface area contributed by atoms with Crippen LogP contribution < -0.4 is 0 Å². The normalized spacial score (nSPS) is 11.8. The number of aldehydes is 1. The Labute approximate surface area is 117 Å². The van der Waals surface area contributed by atoms with Gasteiger partial charge in [0, 0.05) is 17.0 Å². The number of hydrogen-bond donors (Lipinski definition) is 0. The maximum Gasteiger partial charge on any atom is 0.170 e. The van der Waals surface area contributed by atoms with Crippen LogP contribution in [0.25, 0.3) is 0 Å². The number of hydrogen-bond acceptors (Lipinski definition) is 2. The first-order valence-corrected chi connectivity index (χ1v) is 6.38. The fourth-order valence-corrected chi connectivity index (χ4v) is 2.21. The molecule has 2 aromatic carbocycles. The first-order chi connectivity index (χ1) is 9.22. The summed E-state index contributed by atoms with van der Waals surface area (Å²) in [5, 5.41) is 0.517. The minimum Gasteiger partial charge on any atom is -0.303 e. The molecule has 0 aliphatic rings. The highest BCUT2D eigenvalue weighted by atomic mass is 35.5. The Hall–Kier alpha value is -1.93. The maximum atomic E-state index is 12.5. The predicted molar refractivity (Wildman–Crippen MR) is 75.6 cm³/mol. The van der Waals surface area contributed by atoms with Crippen LogP contribution in [0.4, 0.5) is 0 Å². The van der Waals surface area contributed by atoms with Crippen LogP contribution in [0, 0.1) is 0 Å². The molecule has 2 nitrogen and oxygen atoms in total. The number of Topliss-reactive ketones (excluding diaryl/α,β-unsaturated/α-hetero) is 1. The second-order valence-electron chi connectivity index (χ2n) is 4.24. The number of halogens is 1. The van der Waals surface area contributed by atoms with Crippen LogP contribution >= 0.6 is 11.6 Å². The Balaban J connectivity index is 2.34. The third-order valence-electron chi connectivity index (χ3n) is 2.96. The van der Waals surface area contributed by atoms with Gasteiger partial charge in [0.25, 0.3) is 0 Å². The molecule has 0 heterocycles. The minimum atomic E-state index is -0.447. The standard InChI is InChI=1S/C16H13ClO2/c17-14-8-4-7-13(11-14)16(19)15(9-10-18)12-5-2-1-3-6-12/h1-8,10-11,15H,9H2/t15-/m0/s1. The van der Waals surface area contributed by atoms with Gasteiger partial charge in [0.05, 0.1) is 5.92 Å². The van der Waals surface area contributed by atoms with E-state index in [1.807, 2.05) is 30.3 Å². The van der Waals surface area contributed by atoms with Crippen molar-refractivity contribution in [3.63, 3.8) is 0 Å². The summed E-state index contributed by atoms with van der Waals surface area (Å²) in [5.41, 5.74) is 1.38. The molecule has 0 bridgehead atoms. The van der Waals surface area contributed by atoms with Crippen LogP contribution in [0.1, 0.15) is 28.3 Å².